The fourth-order valence-corrected chi connectivity index (χ4v) is 3.33. The van der Waals surface area contributed by atoms with Crippen LogP contribution in [0.15, 0.2) is 67.0 Å². The van der Waals surface area contributed by atoms with Crippen molar-refractivity contribution in [3.8, 4) is 11.5 Å². The SMILES string of the molecule is O=C1c2ccccc2N[C@@H](c2ccncc2)N1c1ccc2c(c1)OCO2. The first-order valence-corrected chi connectivity index (χ1v) is 8.30. The molecule has 5 rings (SSSR count). The van der Waals surface area contributed by atoms with E-state index in [1.165, 1.54) is 0 Å². The first-order valence-electron chi connectivity index (χ1n) is 8.30. The Morgan fingerprint density at radius 2 is 1.81 bits per heavy atom. The summed E-state index contributed by atoms with van der Waals surface area (Å²) in [5.41, 5.74) is 3.13. The summed E-state index contributed by atoms with van der Waals surface area (Å²) in [6.07, 6.45) is 3.10. The summed E-state index contributed by atoms with van der Waals surface area (Å²) >= 11 is 0. The number of anilines is 2. The van der Waals surface area contributed by atoms with Crippen LogP contribution in [0.5, 0.6) is 11.5 Å². The highest BCUT2D eigenvalue weighted by Gasteiger charge is 2.34. The van der Waals surface area contributed by atoms with Gasteiger partial charge in [0.05, 0.1) is 11.3 Å². The van der Waals surface area contributed by atoms with Crippen LogP contribution in [0.25, 0.3) is 0 Å². The lowest BCUT2D eigenvalue weighted by Crippen LogP contribution is -2.43. The maximum atomic E-state index is 13.3. The maximum absolute atomic E-state index is 13.3. The number of pyridine rings is 1. The second kappa shape index (κ2) is 5.77. The minimum Gasteiger partial charge on any atom is -0.454 e. The largest absolute Gasteiger partial charge is 0.454 e. The van der Waals surface area contributed by atoms with Gasteiger partial charge in [-0.25, -0.2) is 0 Å². The molecule has 3 aromatic rings. The van der Waals surface area contributed by atoms with Gasteiger partial charge in [-0.3, -0.25) is 14.7 Å². The van der Waals surface area contributed by atoms with Gasteiger partial charge in [-0.1, -0.05) is 12.1 Å². The van der Waals surface area contributed by atoms with Crippen LogP contribution in [0.1, 0.15) is 22.1 Å². The molecular weight excluding hydrogens is 330 g/mol. The van der Waals surface area contributed by atoms with Crippen LogP contribution in [0.2, 0.25) is 0 Å². The molecule has 0 bridgehead atoms. The van der Waals surface area contributed by atoms with Crippen molar-refractivity contribution in [3.63, 3.8) is 0 Å². The van der Waals surface area contributed by atoms with E-state index < -0.39 is 0 Å². The number of nitrogens with zero attached hydrogens (tertiary/aromatic N) is 2. The lowest BCUT2D eigenvalue weighted by atomic mass is 10.0. The van der Waals surface area contributed by atoms with Gasteiger partial charge < -0.3 is 14.8 Å². The molecule has 0 fully saturated rings. The van der Waals surface area contributed by atoms with E-state index in [9.17, 15) is 4.79 Å². The second-order valence-corrected chi connectivity index (χ2v) is 6.09. The summed E-state index contributed by atoms with van der Waals surface area (Å²) < 4.78 is 10.9. The molecule has 0 aliphatic carbocycles. The fraction of sp³-hybridized carbons (Fsp3) is 0.100. The summed E-state index contributed by atoms with van der Waals surface area (Å²) in [4.78, 5) is 19.1. The van der Waals surface area contributed by atoms with E-state index in [1.807, 2.05) is 54.6 Å². The number of benzene rings is 2. The molecule has 0 saturated heterocycles. The zero-order valence-electron chi connectivity index (χ0n) is 13.8. The van der Waals surface area contributed by atoms with Gasteiger partial charge in [-0.15, -0.1) is 0 Å². The third-order valence-corrected chi connectivity index (χ3v) is 4.58. The minimum atomic E-state index is -0.347. The quantitative estimate of drug-likeness (QED) is 0.769. The third kappa shape index (κ3) is 2.27. The van der Waals surface area contributed by atoms with Gasteiger partial charge >= 0.3 is 0 Å². The molecule has 1 N–H and O–H groups in total. The Balaban J connectivity index is 1.65. The zero-order chi connectivity index (χ0) is 17.5. The molecule has 2 aliphatic heterocycles. The van der Waals surface area contributed by atoms with Crippen LogP contribution < -0.4 is 19.7 Å². The highest BCUT2D eigenvalue weighted by atomic mass is 16.7. The molecule has 0 spiro atoms. The van der Waals surface area contributed by atoms with Crippen molar-refractivity contribution in [2.24, 2.45) is 0 Å². The van der Waals surface area contributed by atoms with Crippen molar-refractivity contribution in [1.82, 2.24) is 4.98 Å². The number of amides is 1. The molecule has 26 heavy (non-hydrogen) atoms. The van der Waals surface area contributed by atoms with Crippen molar-refractivity contribution in [1.29, 1.82) is 0 Å². The number of carbonyl (C=O) groups is 1. The first-order chi connectivity index (χ1) is 12.8. The molecule has 1 amide bonds. The van der Waals surface area contributed by atoms with E-state index >= 15 is 0 Å². The van der Waals surface area contributed by atoms with Crippen LogP contribution >= 0.6 is 0 Å². The Morgan fingerprint density at radius 1 is 1.00 bits per heavy atom. The lowest BCUT2D eigenvalue weighted by Gasteiger charge is -2.38. The normalized spacial score (nSPS) is 17.6. The maximum Gasteiger partial charge on any atom is 0.262 e. The van der Waals surface area contributed by atoms with Crippen LogP contribution in [-0.2, 0) is 0 Å². The Hall–Kier alpha value is -3.54. The Labute approximate surface area is 150 Å². The van der Waals surface area contributed by atoms with E-state index in [0.717, 1.165) is 16.9 Å². The number of carbonyl (C=O) groups excluding carboxylic acids is 1. The second-order valence-electron chi connectivity index (χ2n) is 6.09. The predicted molar refractivity (Wildman–Crippen MR) is 96.4 cm³/mol. The van der Waals surface area contributed by atoms with Crippen LogP contribution in [-0.4, -0.2) is 17.7 Å². The topological polar surface area (TPSA) is 63.7 Å². The van der Waals surface area contributed by atoms with Gasteiger partial charge in [0.1, 0.15) is 6.17 Å². The van der Waals surface area contributed by atoms with Gasteiger partial charge in [0.2, 0.25) is 6.79 Å². The Kier molecular flexibility index (Phi) is 3.28. The van der Waals surface area contributed by atoms with E-state index in [0.29, 0.717) is 17.1 Å². The molecule has 0 saturated carbocycles. The standard InChI is InChI=1S/C20H15N3O3/c24-20-15-3-1-2-4-16(15)22-19(13-7-9-21-10-8-13)23(20)14-5-6-17-18(11-14)26-12-25-17/h1-11,19,22H,12H2/t19-/m1/s1. The number of fused-ring (bicyclic) bond motifs is 2. The van der Waals surface area contributed by atoms with Crippen LogP contribution in [0.4, 0.5) is 11.4 Å². The van der Waals surface area contributed by atoms with Gasteiger partial charge in [0.25, 0.3) is 5.91 Å². The average molecular weight is 345 g/mol. The summed E-state index contributed by atoms with van der Waals surface area (Å²) in [6.45, 7) is 0.196. The van der Waals surface area contributed by atoms with Gasteiger partial charge in [0, 0.05) is 24.1 Å². The molecule has 2 aliphatic rings. The van der Waals surface area contributed by atoms with Crippen molar-refractivity contribution in [3.05, 3.63) is 78.1 Å². The third-order valence-electron chi connectivity index (χ3n) is 4.58. The number of aromatic nitrogens is 1. The van der Waals surface area contributed by atoms with Gasteiger partial charge in [-0.05, 0) is 42.0 Å². The van der Waals surface area contributed by atoms with Crippen molar-refractivity contribution in [2.45, 2.75) is 6.17 Å². The Bertz CT molecular complexity index is 991. The van der Waals surface area contributed by atoms with Crippen molar-refractivity contribution >= 4 is 17.3 Å². The zero-order valence-corrected chi connectivity index (χ0v) is 13.8. The van der Waals surface area contributed by atoms with E-state index in [-0.39, 0.29) is 18.9 Å². The van der Waals surface area contributed by atoms with Gasteiger partial charge in [0.15, 0.2) is 11.5 Å². The molecular formula is C20H15N3O3. The van der Waals surface area contributed by atoms with Crippen molar-refractivity contribution < 1.29 is 14.3 Å². The highest BCUT2D eigenvalue weighted by molar-refractivity contribution is 6.12. The molecule has 2 aromatic carbocycles. The molecule has 0 radical (unpaired) electrons. The smallest absolute Gasteiger partial charge is 0.262 e. The summed E-state index contributed by atoms with van der Waals surface area (Å²) in [5, 5.41) is 3.47. The van der Waals surface area contributed by atoms with E-state index in [2.05, 4.69) is 10.3 Å². The number of rotatable bonds is 2. The van der Waals surface area contributed by atoms with E-state index in [4.69, 9.17) is 9.47 Å². The lowest BCUT2D eigenvalue weighted by molar-refractivity contribution is 0.0975. The molecule has 1 atom stereocenters. The van der Waals surface area contributed by atoms with Crippen LogP contribution in [0, 0.1) is 0 Å². The summed E-state index contributed by atoms with van der Waals surface area (Å²) in [5.74, 6) is 1.26. The number of para-hydroxylation sites is 1. The monoisotopic (exact) mass is 345 g/mol. The highest BCUT2D eigenvalue weighted by Crippen LogP contribution is 2.41. The molecule has 6 heteroatoms. The molecule has 0 unspecified atom stereocenters. The number of nitrogens with one attached hydrogen (secondary N) is 1. The first kappa shape index (κ1) is 14.8. The Morgan fingerprint density at radius 3 is 2.69 bits per heavy atom. The molecule has 1 aromatic heterocycles. The van der Waals surface area contributed by atoms with Crippen LogP contribution in [0.3, 0.4) is 0 Å². The molecule has 128 valence electrons. The average Bonchev–Trinajstić information content (AvgIpc) is 3.16. The molecule has 6 nitrogen and oxygen atoms in total. The number of ether oxygens (including phenoxy) is 2. The summed E-state index contributed by atoms with van der Waals surface area (Å²) in [7, 11) is 0. The number of hydrogen-bond acceptors (Lipinski definition) is 5. The summed E-state index contributed by atoms with van der Waals surface area (Å²) in [6, 6.07) is 16.9. The van der Waals surface area contributed by atoms with E-state index in [1.54, 1.807) is 17.3 Å². The fourth-order valence-electron chi connectivity index (χ4n) is 3.33. The predicted octanol–water partition coefficient (Wildman–Crippen LogP) is 3.58. The van der Waals surface area contributed by atoms with Crippen molar-refractivity contribution in [2.75, 3.05) is 17.0 Å². The molecule has 3 heterocycles. The minimum absolute atomic E-state index is 0.0694. The van der Waals surface area contributed by atoms with Gasteiger partial charge in [-0.2, -0.15) is 0 Å². The number of hydrogen-bond donors (Lipinski definition) is 1.